The second-order valence-electron chi connectivity index (χ2n) is 11.9. The monoisotopic (exact) mass is 632 g/mol. The first-order valence-corrected chi connectivity index (χ1v) is 14.4. The summed E-state index contributed by atoms with van der Waals surface area (Å²) in [7, 11) is 4.58. The first kappa shape index (κ1) is 38.5. The Morgan fingerprint density at radius 1 is 0.667 bits per heavy atom. The predicted molar refractivity (Wildman–Crippen MR) is 171 cm³/mol. The molecule has 0 aliphatic carbocycles. The van der Waals surface area contributed by atoms with Gasteiger partial charge in [-0.1, -0.05) is 0 Å². The number of esters is 2. The lowest BCUT2D eigenvalue weighted by atomic mass is 10.2. The van der Waals surface area contributed by atoms with Crippen molar-refractivity contribution in [2.24, 2.45) is 0 Å². The van der Waals surface area contributed by atoms with E-state index in [2.05, 4.69) is 4.74 Å². The van der Waals surface area contributed by atoms with Crippen LogP contribution < -0.4 is 19.3 Å². The molecule has 2 aromatic carbocycles. The molecule has 45 heavy (non-hydrogen) atoms. The fourth-order valence-electron chi connectivity index (χ4n) is 3.41. The highest BCUT2D eigenvalue weighted by Crippen LogP contribution is 2.26. The Morgan fingerprint density at radius 2 is 1.04 bits per heavy atom. The van der Waals surface area contributed by atoms with Crippen LogP contribution >= 0.6 is 0 Å². The lowest BCUT2D eigenvalue weighted by Crippen LogP contribution is -2.34. The van der Waals surface area contributed by atoms with E-state index in [0.717, 1.165) is 11.1 Å². The Kier molecular flexibility index (Phi) is 14.7. The molecule has 0 aromatic heterocycles. The van der Waals surface area contributed by atoms with Gasteiger partial charge in [0.2, 0.25) is 0 Å². The van der Waals surface area contributed by atoms with E-state index < -0.39 is 35.3 Å². The fourth-order valence-corrected chi connectivity index (χ4v) is 3.41. The minimum Gasteiger partial charge on any atom is -0.482 e. The van der Waals surface area contributed by atoms with Crippen molar-refractivity contribution in [2.75, 3.05) is 50.8 Å². The Hall–Kier alpha value is -4.48. The number of nitrogens with zero attached hydrogens (tertiary/aromatic N) is 2. The molecule has 12 heteroatoms. The van der Waals surface area contributed by atoms with E-state index in [1.165, 1.54) is 16.9 Å². The van der Waals surface area contributed by atoms with Gasteiger partial charge in [-0.2, -0.15) is 0 Å². The van der Waals surface area contributed by atoms with Gasteiger partial charge in [0.25, 0.3) is 0 Å². The van der Waals surface area contributed by atoms with Gasteiger partial charge in [-0.25, -0.2) is 19.2 Å². The van der Waals surface area contributed by atoms with Crippen LogP contribution in [-0.2, 0) is 28.5 Å². The fraction of sp³-hybridized carbons (Fsp3) is 0.515. The highest BCUT2D eigenvalue weighted by Gasteiger charge is 2.22. The minimum atomic E-state index is -0.553. The van der Waals surface area contributed by atoms with E-state index in [4.69, 9.17) is 23.7 Å². The number of methoxy groups -OCH3 is 1. The van der Waals surface area contributed by atoms with Crippen molar-refractivity contribution >= 4 is 35.5 Å². The third kappa shape index (κ3) is 14.2. The largest absolute Gasteiger partial charge is 0.482 e. The lowest BCUT2D eigenvalue weighted by molar-refractivity contribution is -0.145. The summed E-state index contributed by atoms with van der Waals surface area (Å²) < 4.78 is 30.7. The van der Waals surface area contributed by atoms with Crippen LogP contribution in [-0.4, -0.2) is 76.4 Å². The predicted octanol–water partition coefficient (Wildman–Crippen LogP) is 6.23. The zero-order chi connectivity index (χ0) is 34.5. The molecule has 0 saturated heterocycles. The van der Waals surface area contributed by atoms with Crippen molar-refractivity contribution in [1.82, 2.24) is 0 Å². The first-order valence-electron chi connectivity index (χ1n) is 14.4. The normalized spacial score (nSPS) is 10.8. The van der Waals surface area contributed by atoms with Crippen LogP contribution in [0.5, 0.6) is 11.5 Å². The number of amides is 2. The molecular weight excluding hydrogens is 584 g/mol. The zero-order valence-corrected chi connectivity index (χ0v) is 28.6. The number of aryl methyl sites for hydroxylation is 2. The van der Waals surface area contributed by atoms with E-state index in [9.17, 15) is 19.2 Å². The number of hydrogen-bond donors (Lipinski definition) is 0. The van der Waals surface area contributed by atoms with Crippen LogP contribution in [0, 0.1) is 13.8 Å². The molecule has 12 nitrogen and oxygen atoms in total. The molecule has 2 amide bonds. The van der Waals surface area contributed by atoms with Crippen molar-refractivity contribution in [2.45, 2.75) is 73.5 Å². The maximum Gasteiger partial charge on any atom is 0.414 e. The molecule has 0 spiro atoms. The van der Waals surface area contributed by atoms with Crippen molar-refractivity contribution < 1.29 is 47.6 Å². The van der Waals surface area contributed by atoms with Crippen LogP contribution in [0.2, 0.25) is 0 Å². The quantitative estimate of drug-likeness (QED) is 0.232. The van der Waals surface area contributed by atoms with Gasteiger partial charge in [-0.3, -0.25) is 9.80 Å². The second kappa shape index (κ2) is 17.1. The van der Waals surface area contributed by atoms with Crippen molar-refractivity contribution in [3.8, 4) is 11.5 Å². The molecule has 0 fully saturated rings. The number of rotatable bonds is 9. The van der Waals surface area contributed by atoms with Crippen molar-refractivity contribution in [3.05, 3.63) is 47.5 Å². The standard InChI is InChI=1S/C17H25NO5.C16H23NO5/c1-7-21-15(19)11-22-14-9-8-13(10-12(14)2)18(6)16(20)23-17(3,4)5;1-11-9-12(17(5)15(19)22-16(2,3)4)7-8-13(11)21-10-14(18)20-6/h8-10H,7,11H2,1-6H3;7-9H,10H2,1-6H3. The summed E-state index contributed by atoms with van der Waals surface area (Å²) >= 11 is 0. The average Bonchev–Trinajstić information content (AvgIpc) is 2.93. The van der Waals surface area contributed by atoms with Crippen LogP contribution in [0.15, 0.2) is 36.4 Å². The molecule has 0 atom stereocenters. The molecule has 0 radical (unpaired) electrons. The van der Waals surface area contributed by atoms with Gasteiger partial charge in [-0.15, -0.1) is 0 Å². The van der Waals surface area contributed by atoms with Crippen LogP contribution in [0.4, 0.5) is 21.0 Å². The van der Waals surface area contributed by atoms with Crippen LogP contribution in [0.25, 0.3) is 0 Å². The highest BCUT2D eigenvalue weighted by molar-refractivity contribution is 5.88. The van der Waals surface area contributed by atoms with E-state index in [-0.39, 0.29) is 13.2 Å². The Balaban J connectivity index is 0.000000450. The highest BCUT2D eigenvalue weighted by atomic mass is 16.6. The molecule has 0 heterocycles. The Morgan fingerprint density at radius 3 is 1.36 bits per heavy atom. The molecule has 0 N–H and O–H groups in total. The van der Waals surface area contributed by atoms with Crippen molar-refractivity contribution in [1.29, 1.82) is 0 Å². The van der Waals surface area contributed by atoms with E-state index in [0.29, 0.717) is 29.5 Å². The summed E-state index contributed by atoms with van der Waals surface area (Å²) in [4.78, 5) is 49.3. The van der Waals surface area contributed by atoms with Gasteiger partial charge in [0.1, 0.15) is 22.7 Å². The summed E-state index contributed by atoms with van der Waals surface area (Å²) in [5.74, 6) is 0.266. The maximum absolute atomic E-state index is 12.1. The SMILES string of the molecule is CCOC(=O)COc1ccc(N(C)C(=O)OC(C)(C)C)cc1C.COC(=O)COc1ccc(N(C)C(=O)OC(C)(C)C)cc1C. The van der Waals surface area contributed by atoms with Gasteiger partial charge in [0.15, 0.2) is 13.2 Å². The summed E-state index contributed by atoms with van der Waals surface area (Å²) in [6, 6.07) is 10.5. The van der Waals surface area contributed by atoms with Gasteiger partial charge >= 0.3 is 24.1 Å². The Bertz CT molecular complexity index is 1310. The van der Waals surface area contributed by atoms with E-state index >= 15 is 0 Å². The summed E-state index contributed by atoms with van der Waals surface area (Å²) in [5.41, 5.74) is 1.86. The van der Waals surface area contributed by atoms with E-state index in [1.54, 1.807) is 57.4 Å². The zero-order valence-electron chi connectivity index (χ0n) is 28.6. The third-order valence-corrected chi connectivity index (χ3v) is 5.65. The number of ether oxygens (including phenoxy) is 6. The van der Waals surface area contributed by atoms with Crippen LogP contribution in [0.3, 0.4) is 0 Å². The molecule has 2 aromatic rings. The molecule has 0 unspecified atom stereocenters. The molecule has 0 aliphatic heterocycles. The molecule has 0 saturated carbocycles. The minimum absolute atomic E-state index is 0.143. The second-order valence-corrected chi connectivity index (χ2v) is 11.9. The summed E-state index contributed by atoms with van der Waals surface area (Å²) in [6.45, 7) is 16.3. The van der Waals surface area contributed by atoms with Crippen LogP contribution in [0.1, 0.15) is 59.6 Å². The van der Waals surface area contributed by atoms with Gasteiger partial charge in [0.05, 0.1) is 13.7 Å². The summed E-state index contributed by atoms with van der Waals surface area (Å²) in [6.07, 6.45) is -0.868. The molecule has 250 valence electrons. The number of carbonyl (C=O) groups is 4. The Labute approximate surface area is 266 Å². The first-order chi connectivity index (χ1) is 20.8. The number of hydrogen-bond acceptors (Lipinski definition) is 10. The summed E-state index contributed by atoms with van der Waals surface area (Å²) in [5, 5.41) is 0. The van der Waals surface area contributed by atoms with E-state index in [1.807, 2.05) is 55.4 Å². The van der Waals surface area contributed by atoms with Gasteiger partial charge in [-0.05, 0) is 110 Å². The van der Waals surface area contributed by atoms with Gasteiger partial charge < -0.3 is 28.4 Å². The van der Waals surface area contributed by atoms with Gasteiger partial charge in [0, 0.05) is 25.5 Å². The molecule has 2 rings (SSSR count). The molecule has 0 bridgehead atoms. The smallest absolute Gasteiger partial charge is 0.414 e. The molecular formula is C33H48N2O10. The number of benzene rings is 2. The number of carbonyl (C=O) groups excluding carboxylic acids is 4. The number of anilines is 2. The lowest BCUT2D eigenvalue weighted by Gasteiger charge is -2.25. The average molecular weight is 633 g/mol. The maximum atomic E-state index is 12.1. The third-order valence-electron chi connectivity index (χ3n) is 5.65. The molecule has 0 aliphatic rings. The topological polar surface area (TPSA) is 130 Å². The van der Waals surface area contributed by atoms with Crippen molar-refractivity contribution in [3.63, 3.8) is 0 Å².